The van der Waals surface area contributed by atoms with Crippen molar-refractivity contribution >= 4 is 23.3 Å². The Morgan fingerprint density at radius 3 is 2.71 bits per heavy atom. The van der Waals surface area contributed by atoms with Crippen molar-refractivity contribution in [2.45, 2.75) is 20.3 Å². The van der Waals surface area contributed by atoms with Crippen LogP contribution in [0.4, 0.5) is 5.82 Å². The van der Waals surface area contributed by atoms with E-state index in [2.05, 4.69) is 10.4 Å². The summed E-state index contributed by atoms with van der Waals surface area (Å²) >= 11 is 6.14. The van der Waals surface area contributed by atoms with Crippen LogP contribution in [0.1, 0.15) is 16.8 Å². The van der Waals surface area contributed by atoms with E-state index in [0.717, 1.165) is 11.3 Å². The fourth-order valence-corrected chi connectivity index (χ4v) is 2.41. The van der Waals surface area contributed by atoms with Gasteiger partial charge < -0.3 is 10.1 Å². The van der Waals surface area contributed by atoms with Crippen molar-refractivity contribution in [1.82, 2.24) is 9.78 Å². The zero-order valence-corrected chi connectivity index (χ0v) is 13.3. The highest BCUT2D eigenvalue weighted by atomic mass is 35.5. The Balaban J connectivity index is 2.20. The molecule has 0 aliphatic carbocycles. The molecule has 112 valence electrons. The van der Waals surface area contributed by atoms with Crippen LogP contribution >= 0.6 is 11.6 Å². The number of carbonyl (C=O) groups excluding carboxylic acids is 1. The van der Waals surface area contributed by atoms with Gasteiger partial charge in [-0.05, 0) is 26.0 Å². The average Bonchev–Trinajstić information content (AvgIpc) is 2.67. The van der Waals surface area contributed by atoms with E-state index < -0.39 is 0 Å². The Hall–Kier alpha value is -2.01. The fraction of sp³-hybridized carbons (Fsp3) is 0.333. The van der Waals surface area contributed by atoms with Crippen molar-refractivity contribution in [2.24, 2.45) is 7.05 Å². The zero-order chi connectivity index (χ0) is 15.6. The monoisotopic (exact) mass is 307 g/mol. The first-order chi connectivity index (χ1) is 9.93. The molecule has 1 amide bonds. The summed E-state index contributed by atoms with van der Waals surface area (Å²) in [6.45, 7) is 3.83. The first-order valence-corrected chi connectivity index (χ1v) is 6.93. The molecule has 1 heterocycles. The van der Waals surface area contributed by atoms with E-state index in [1.54, 1.807) is 37.0 Å². The Labute approximate surface area is 128 Å². The Kier molecular flexibility index (Phi) is 4.53. The molecule has 0 bridgehead atoms. The molecule has 6 heteroatoms. The fourth-order valence-electron chi connectivity index (χ4n) is 2.18. The van der Waals surface area contributed by atoms with Crippen molar-refractivity contribution in [3.8, 4) is 5.75 Å². The smallest absolute Gasteiger partial charge is 0.230 e. The van der Waals surface area contributed by atoms with Crippen LogP contribution in [0, 0.1) is 13.8 Å². The molecule has 0 fully saturated rings. The summed E-state index contributed by atoms with van der Waals surface area (Å²) in [5, 5.41) is 7.66. The lowest BCUT2D eigenvalue weighted by Gasteiger charge is -2.11. The molecule has 2 rings (SSSR count). The number of rotatable bonds is 4. The number of anilines is 1. The van der Waals surface area contributed by atoms with Crippen LogP contribution in [0.15, 0.2) is 18.2 Å². The topological polar surface area (TPSA) is 56.1 Å². The highest BCUT2D eigenvalue weighted by Gasteiger charge is 2.16. The van der Waals surface area contributed by atoms with Gasteiger partial charge in [-0.25, -0.2) is 0 Å². The second-order valence-corrected chi connectivity index (χ2v) is 5.24. The number of aromatic nitrogens is 2. The highest BCUT2D eigenvalue weighted by molar-refractivity contribution is 6.31. The van der Waals surface area contributed by atoms with E-state index in [0.29, 0.717) is 22.2 Å². The van der Waals surface area contributed by atoms with Crippen LogP contribution in [0.2, 0.25) is 5.02 Å². The highest BCUT2D eigenvalue weighted by Crippen LogP contribution is 2.27. The van der Waals surface area contributed by atoms with Gasteiger partial charge in [-0.3, -0.25) is 9.48 Å². The molecule has 0 aliphatic rings. The summed E-state index contributed by atoms with van der Waals surface area (Å²) in [6, 6.07) is 5.32. The number of benzene rings is 1. The lowest BCUT2D eigenvalue weighted by atomic mass is 10.1. The number of methoxy groups -OCH3 is 1. The molecular weight excluding hydrogens is 290 g/mol. The van der Waals surface area contributed by atoms with Crippen LogP contribution in [-0.2, 0) is 18.3 Å². The van der Waals surface area contributed by atoms with Crippen LogP contribution in [0.5, 0.6) is 5.75 Å². The Bertz CT molecular complexity index is 680. The third-order valence-corrected chi connectivity index (χ3v) is 3.77. The van der Waals surface area contributed by atoms with E-state index in [1.807, 2.05) is 13.8 Å². The van der Waals surface area contributed by atoms with Crippen LogP contribution in [0.3, 0.4) is 0 Å². The molecule has 1 N–H and O–H groups in total. The molecule has 1 aromatic heterocycles. The van der Waals surface area contributed by atoms with Gasteiger partial charge in [-0.2, -0.15) is 5.10 Å². The molecule has 0 atom stereocenters. The van der Waals surface area contributed by atoms with Crippen LogP contribution in [0.25, 0.3) is 0 Å². The molecule has 0 radical (unpaired) electrons. The summed E-state index contributed by atoms with van der Waals surface area (Å²) in [5.74, 6) is 1.14. The molecule has 0 saturated heterocycles. The minimum absolute atomic E-state index is 0.145. The quantitative estimate of drug-likeness (QED) is 0.945. The Morgan fingerprint density at radius 2 is 2.14 bits per heavy atom. The number of amides is 1. The van der Waals surface area contributed by atoms with Crippen molar-refractivity contribution in [2.75, 3.05) is 12.4 Å². The molecule has 21 heavy (non-hydrogen) atoms. The SMILES string of the molecule is COc1cccc(Cl)c1CC(=O)Nc1c(C)c(C)nn1C. The van der Waals surface area contributed by atoms with E-state index in [1.165, 1.54) is 0 Å². The summed E-state index contributed by atoms with van der Waals surface area (Å²) in [7, 11) is 3.35. The van der Waals surface area contributed by atoms with Crippen LogP contribution in [-0.4, -0.2) is 22.8 Å². The van der Waals surface area contributed by atoms with Gasteiger partial charge >= 0.3 is 0 Å². The maximum atomic E-state index is 12.2. The predicted molar refractivity (Wildman–Crippen MR) is 83.0 cm³/mol. The number of ether oxygens (including phenoxy) is 1. The standard InChI is InChI=1S/C15H18ClN3O2/c1-9-10(2)18-19(3)15(9)17-14(20)8-11-12(16)6-5-7-13(11)21-4/h5-7H,8H2,1-4H3,(H,17,20). The van der Waals surface area contributed by atoms with Gasteiger partial charge in [0.25, 0.3) is 0 Å². The molecule has 5 nitrogen and oxygen atoms in total. The molecule has 0 saturated carbocycles. The molecule has 2 aromatic rings. The zero-order valence-electron chi connectivity index (χ0n) is 12.5. The minimum Gasteiger partial charge on any atom is -0.496 e. The minimum atomic E-state index is -0.160. The number of aryl methyl sites for hydroxylation is 2. The second kappa shape index (κ2) is 6.18. The van der Waals surface area contributed by atoms with Gasteiger partial charge in [0.2, 0.25) is 5.91 Å². The van der Waals surface area contributed by atoms with E-state index in [4.69, 9.17) is 16.3 Å². The van der Waals surface area contributed by atoms with E-state index >= 15 is 0 Å². The summed E-state index contributed by atoms with van der Waals surface area (Å²) in [5.41, 5.74) is 2.52. The maximum Gasteiger partial charge on any atom is 0.230 e. The van der Waals surface area contributed by atoms with Gasteiger partial charge in [0, 0.05) is 23.2 Å². The maximum absolute atomic E-state index is 12.2. The largest absolute Gasteiger partial charge is 0.496 e. The number of carbonyl (C=O) groups is 1. The third kappa shape index (κ3) is 3.19. The third-order valence-electron chi connectivity index (χ3n) is 3.41. The van der Waals surface area contributed by atoms with Crippen molar-refractivity contribution in [1.29, 1.82) is 0 Å². The molecule has 0 spiro atoms. The lowest BCUT2D eigenvalue weighted by Crippen LogP contribution is -2.18. The van der Waals surface area contributed by atoms with Gasteiger partial charge in [0.15, 0.2) is 0 Å². The Morgan fingerprint density at radius 1 is 1.43 bits per heavy atom. The normalized spacial score (nSPS) is 10.5. The van der Waals surface area contributed by atoms with E-state index in [-0.39, 0.29) is 12.3 Å². The number of hydrogen-bond donors (Lipinski definition) is 1. The van der Waals surface area contributed by atoms with Crippen LogP contribution < -0.4 is 10.1 Å². The summed E-state index contributed by atoms with van der Waals surface area (Å²) in [6.07, 6.45) is 0.145. The van der Waals surface area contributed by atoms with Crippen molar-refractivity contribution in [3.05, 3.63) is 40.0 Å². The second-order valence-electron chi connectivity index (χ2n) is 4.83. The lowest BCUT2D eigenvalue weighted by molar-refractivity contribution is -0.115. The van der Waals surface area contributed by atoms with Crippen molar-refractivity contribution < 1.29 is 9.53 Å². The number of nitrogens with zero attached hydrogens (tertiary/aromatic N) is 2. The average molecular weight is 308 g/mol. The van der Waals surface area contributed by atoms with Gasteiger partial charge in [0.05, 0.1) is 19.2 Å². The number of hydrogen-bond acceptors (Lipinski definition) is 3. The van der Waals surface area contributed by atoms with Gasteiger partial charge in [-0.1, -0.05) is 17.7 Å². The summed E-state index contributed by atoms with van der Waals surface area (Å²) < 4.78 is 6.91. The molecular formula is C15H18ClN3O2. The predicted octanol–water partition coefficient (Wildman–Crippen LogP) is 2.88. The summed E-state index contributed by atoms with van der Waals surface area (Å²) in [4.78, 5) is 12.2. The van der Waals surface area contributed by atoms with Crippen molar-refractivity contribution in [3.63, 3.8) is 0 Å². The first kappa shape index (κ1) is 15.4. The first-order valence-electron chi connectivity index (χ1n) is 6.55. The van der Waals surface area contributed by atoms with Gasteiger partial charge in [-0.15, -0.1) is 0 Å². The molecule has 0 unspecified atom stereocenters. The van der Waals surface area contributed by atoms with Gasteiger partial charge in [0.1, 0.15) is 11.6 Å². The number of nitrogens with one attached hydrogen (secondary N) is 1. The van der Waals surface area contributed by atoms with E-state index in [9.17, 15) is 4.79 Å². The molecule has 0 aliphatic heterocycles. The number of halogens is 1. The molecule has 1 aromatic carbocycles.